The van der Waals surface area contributed by atoms with E-state index in [0.717, 1.165) is 66.9 Å². The fourth-order valence-corrected chi connectivity index (χ4v) is 7.68. The Morgan fingerprint density at radius 1 is 0.656 bits per heavy atom. The molecule has 0 atom stereocenters. The molecule has 0 radical (unpaired) electrons. The van der Waals surface area contributed by atoms with Gasteiger partial charge in [-0.1, -0.05) is 138 Å². The number of pyridine rings is 1. The van der Waals surface area contributed by atoms with Gasteiger partial charge in [-0.25, -0.2) is 19.9 Å². The van der Waals surface area contributed by atoms with Crippen LogP contribution in [-0.2, 0) is 26.5 Å². The third-order valence-corrected chi connectivity index (χ3v) is 11.0. The van der Waals surface area contributed by atoms with Crippen LogP contribution in [0.15, 0.2) is 140 Å². The van der Waals surface area contributed by atoms with Crippen LogP contribution in [0.1, 0.15) is 37.5 Å². The third-order valence-electron chi connectivity index (χ3n) is 11.0. The zero-order valence-electron chi connectivity index (χ0n) is 34.6. The second-order valence-electron chi connectivity index (χ2n) is 16.3. The number of rotatable bonds is 7. The Hall–Kier alpha value is -6.85. The maximum Gasteiger partial charge on any atom is 2.00 e. The van der Waals surface area contributed by atoms with E-state index in [1.807, 2.05) is 70.9 Å². The van der Waals surface area contributed by atoms with Gasteiger partial charge in [0.25, 0.3) is 11.4 Å². The maximum absolute atomic E-state index is 6.96. The summed E-state index contributed by atoms with van der Waals surface area (Å²) in [5.41, 5.74) is 10.5. The molecule has 10 rings (SSSR count). The summed E-state index contributed by atoms with van der Waals surface area (Å²) in [6.07, 6.45) is 1.81. The van der Waals surface area contributed by atoms with Crippen molar-refractivity contribution in [1.29, 1.82) is 0 Å². The predicted octanol–water partition coefficient (Wildman–Crippen LogP) is 12.0. The van der Waals surface area contributed by atoms with Crippen molar-refractivity contribution in [2.45, 2.75) is 40.0 Å². The Balaban J connectivity index is 0.00000476. The van der Waals surface area contributed by atoms with Gasteiger partial charge in [0, 0.05) is 46.5 Å². The molecular formula is C52H41N7OPt+2. The molecule has 3 aromatic heterocycles. The molecule has 0 spiro atoms. The minimum Gasteiger partial charge on any atom is -0.508 e. The first-order valence-electron chi connectivity index (χ1n) is 20.0. The molecule has 9 heteroatoms. The summed E-state index contributed by atoms with van der Waals surface area (Å²) in [5, 5.41) is 2.03. The molecule has 4 heterocycles. The molecule has 9 aromatic rings. The Labute approximate surface area is 369 Å². The van der Waals surface area contributed by atoms with Crippen LogP contribution in [0, 0.1) is 26.0 Å². The Bertz CT molecular complexity index is 3150. The number of ether oxygens (including phenoxy) is 1. The molecular weight excluding hydrogens is 934 g/mol. The average molecular weight is 975 g/mol. The minimum absolute atomic E-state index is 0. The molecule has 0 fully saturated rings. The SMILES string of the molecule is Cc1ccc(-c2nc(-c3ccc(C)cc3)nc(-c3cc4c5cc(C(C)(C)C)ccc5n(-c5ccccn5)c4[c-]c3Oc3[c-]c([N+]4=C=[N+](C)c5ccccc54)ccc3)n2)cc1.[Pt+2]. The van der Waals surface area contributed by atoms with Gasteiger partial charge < -0.3 is 9.30 Å². The number of aromatic nitrogens is 5. The summed E-state index contributed by atoms with van der Waals surface area (Å²) in [5.74, 6) is 3.29. The molecule has 1 aliphatic heterocycles. The van der Waals surface area contributed by atoms with Crippen LogP contribution in [0.25, 0.3) is 61.8 Å². The van der Waals surface area contributed by atoms with Gasteiger partial charge in [-0.3, -0.25) is 0 Å². The number of hydrogen-bond donors (Lipinski definition) is 0. The van der Waals surface area contributed by atoms with E-state index in [9.17, 15) is 0 Å². The van der Waals surface area contributed by atoms with Crippen LogP contribution >= 0.6 is 0 Å². The van der Waals surface area contributed by atoms with Crippen LogP contribution < -0.4 is 9.31 Å². The van der Waals surface area contributed by atoms with Gasteiger partial charge in [-0.05, 0) is 54.0 Å². The molecule has 8 nitrogen and oxygen atoms in total. The first kappa shape index (κ1) is 39.6. The van der Waals surface area contributed by atoms with Crippen molar-refractivity contribution in [3.8, 4) is 51.5 Å². The normalized spacial score (nSPS) is 12.2. The van der Waals surface area contributed by atoms with Crippen molar-refractivity contribution in [2.75, 3.05) is 7.05 Å². The van der Waals surface area contributed by atoms with E-state index in [-0.39, 0.29) is 26.5 Å². The van der Waals surface area contributed by atoms with Crippen LogP contribution in [0.3, 0.4) is 0 Å². The van der Waals surface area contributed by atoms with Crippen LogP contribution in [0.4, 0.5) is 17.1 Å². The van der Waals surface area contributed by atoms with Gasteiger partial charge in [0.1, 0.15) is 17.3 Å². The van der Waals surface area contributed by atoms with Gasteiger partial charge in [0.15, 0.2) is 18.7 Å². The Morgan fingerprint density at radius 3 is 1.97 bits per heavy atom. The molecule has 0 aliphatic carbocycles. The summed E-state index contributed by atoms with van der Waals surface area (Å²) in [7, 11) is 1.99. The van der Waals surface area contributed by atoms with Crippen molar-refractivity contribution in [2.24, 2.45) is 0 Å². The van der Waals surface area contributed by atoms with Gasteiger partial charge >= 0.3 is 27.1 Å². The summed E-state index contributed by atoms with van der Waals surface area (Å²) in [6, 6.07) is 56.1. The fourth-order valence-electron chi connectivity index (χ4n) is 7.68. The second-order valence-corrected chi connectivity index (χ2v) is 16.3. The van der Waals surface area contributed by atoms with Crippen LogP contribution in [-0.4, -0.2) is 42.1 Å². The largest absolute Gasteiger partial charge is 2.00 e. The maximum atomic E-state index is 6.96. The average Bonchev–Trinajstić information content (AvgIpc) is 3.77. The molecule has 0 saturated carbocycles. The molecule has 1 aliphatic rings. The molecule has 6 aromatic carbocycles. The van der Waals surface area contributed by atoms with Gasteiger partial charge in [-0.15, -0.1) is 23.6 Å². The Kier molecular flexibility index (Phi) is 10.1. The van der Waals surface area contributed by atoms with Crippen molar-refractivity contribution in [1.82, 2.24) is 29.1 Å². The standard InChI is InChI=1S/C52H41N7O.Pt/c1-33-17-21-35(22-18-33)49-54-50(36-23-19-34(2)20-24-36)56-51(55-49)42-30-41-40-28-37(52(3,4)5)25-26-43(40)59(48-16-9-10-27-53-48)46(41)31-47(42)60-39-13-11-12-38(29-39)58-32-57(6)44-14-7-8-15-45(44)58;/h7-28,30H,1-6H3;/q;+2. The molecule has 0 N–H and O–H groups in total. The first-order chi connectivity index (χ1) is 29.1. The molecule has 298 valence electrons. The van der Waals surface area contributed by atoms with E-state index in [1.54, 1.807) is 0 Å². The monoisotopic (exact) mass is 974 g/mol. The number of fused-ring (bicyclic) bond motifs is 4. The number of aryl methyl sites for hydroxylation is 2. The summed E-state index contributed by atoms with van der Waals surface area (Å²) >= 11 is 0. The van der Waals surface area contributed by atoms with E-state index in [4.69, 9.17) is 24.7 Å². The molecule has 0 unspecified atom stereocenters. The van der Waals surface area contributed by atoms with E-state index in [1.165, 1.54) is 5.56 Å². The topological polar surface area (TPSA) is 71.7 Å². The minimum atomic E-state index is -0.0797. The zero-order chi connectivity index (χ0) is 41.1. The summed E-state index contributed by atoms with van der Waals surface area (Å²) in [4.78, 5) is 20.2. The van der Waals surface area contributed by atoms with Gasteiger partial charge in [0.05, 0.1) is 0 Å². The van der Waals surface area contributed by atoms with E-state index < -0.39 is 0 Å². The van der Waals surface area contributed by atoms with Crippen LogP contribution in [0.5, 0.6) is 11.5 Å². The Morgan fingerprint density at radius 2 is 1.31 bits per heavy atom. The number of benzene rings is 6. The van der Waals surface area contributed by atoms with Gasteiger partial charge in [-0.2, -0.15) is 6.07 Å². The molecule has 0 bridgehead atoms. The summed E-state index contributed by atoms with van der Waals surface area (Å²) in [6.45, 7) is 10.9. The number of hydrogen-bond acceptors (Lipinski definition) is 5. The van der Waals surface area contributed by atoms with E-state index in [2.05, 4.69) is 142 Å². The van der Waals surface area contributed by atoms with E-state index >= 15 is 0 Å². The smallest absolute Gasteiger partial charge is 0.508 e. The molecule has 61 heavy (non-hydrogen) atoms. The zero-order valence-corrected chi connectivity index (χ0v) is 36.9. The number of nitrogens with zero attached hydrogens (tertiary/aromatic N) is 7. The second kappa shape index (κ2) is 15.6. The van der Waals surface area contributed by atoms with Gasteiger partial charge in [0.2, 0.25) is 0 Å². The summed E-state index contributed by atoms with van der Waals surface area (Å²) < 4.78 is 13.1. The van der Waals surface area contributed by atoms with Crippen molar-refractivity contribution >= 4 is 44.9 Å². The fraction of sp³-hybridized carbons (Fsp3) is 0.135. The van der Waals surface area contributed by atoms with Crippen molar-refractivity contribution in [3.63, 3.8) is 0 Å². The predicted molar refractivity (Wildman–Crippen MR) is 239 cm³/mol. The quantitative estimate of drug-likeness (QED) is 0.118. The molecule has 0 amide bonds. The third kappa shape index (κ3) is 7.39. The van der Waals surface area contributed by atoms with Crippen molar-refractivity contribution < 1.29 is 30.4 Å². The molecule has 0 saturated heterocycles. The van der Waals surface area contributed by atoms with Crippen LogP contribution in [0.2, 0.25) is 0 Å². The number of para-hydroxylation sites is 2. The first-order valence-corrected chi connectivity index (χ1v) is 20.0. The van der Waals surface area contributed by atoms with E-state index in [0.29, 0.717) is 34.5 Å². The van der Waals surface area contributed by atoms with Crippen molar-refractivity contribution in [3.05, 3.63) is 168 Å².